The van der Waals surface area contributed by atoms with Crippen molar-refractivity contribution in [1.29, 1.82) is 0 Å². The van der Waals surface area contributed by atoms with Crippen LogP contribution in [0.25, 0.3) is 0 Å². The van der Waals surface area contributed by atoms with Crippen LogP contribution in [0.4, 0.5) is 0 Å². The molecule has 0 aromatic heterocycles. The van der Waals surface area contributed by atoms with Crippen LogP contribution in [0.1, 0.15) is 30.9 Å². The molecule has 0 aliphatic carbocycles. The zero-order chi connectivity index (χ0) is 12.3. The van der Waals surface area contributed by atoms with E-state index in [1.165, 1.54) is 0 Å². The van der Waals surface area contributed by atoms with Crippen molar-refractivity contribution in [2.45, 2.75) is 37.5 Å². The number of hydrogen-bond acceptors (Lipinski definition) is 3. The van der Waals surface area contributed by atoms with Gasteiger partial charge in [-0.3, -0.25) is 0 Å². The maximum atomic E-state index is 10.2. The van der Waals surface area contributed by atoms with E-state index in [-0.39, 0.29) is 12.1 Å². The lowest BCUT2D eigenvalue weighted by atomic mass is 9.93. The summed E-state index contributed by atoms with van der Waals surface area (Å²) >= 11 is 0. The van der Waals surface area contributed by atoms with Crippen molar-refractivity contribution in [3.05, 3.63) is 35.9 Å². The van der Waals surface area contributed by atoms with E-state index in [0.717, 1.165) is 24.9 Å². The highest BCUT2D eigenvalue weighted by atomic mass is 16.3. The lowest BCUT2D eigenvalue weighted by molar-refractivity contribution is 0.0297. The highest BCUT2D eigenvalue weighted by molar-refractivity contribution is 5.17. The zero-order valence-electron chi connectivity index (χ0n) is 10.3. The Morgan fingerprint density at radius 2 is 2.06 bits per heavy atom. The minimum absolute atomic E-state index is 0.209. The second kappa shape index (κ2) is 5.63. The Hall–Kier alpha value is -0.900. The van der Waals surface area contributed by atoms with E-state index in [0.29, 0.717) is 6.42 Å². The third-order valence-electron chi connectivity index (χ3n) is 3.66. The van der Waals surface area contributed by atoms with E-state index in [1.807, 2.05) is 30.3 Å². The van der Waals surface area contributed by atoms with Crippen LogP contribution in [0.2, 0.25) is 0 Å². The van der Waals surface area contributed by atoms with Crippen molar-refractivity contribution in [3.8, 4) is 0 Å². The Morgan fingerprint density at radius 3 is 2.76 bits per heavy atom. The predicted molar refractivity (Wildman–Crippen MR) is 67.7 cm³/mol. The molecule has 3 nitrogen and oxygen atoms in total. The first-order chi connectivity index (χ1) is 8.16. The molecule has 0 amide bonds. The molecule has 0 bridgehead atoms. The number of hydrogen-bond donors (Lipinski definition) is 2. The third kappa shape index (κ3) is 3.28. The highest BCUT2D eigenvalue weighted by Crippen LogP contribution is 2.25. The third-order valence-corrected chi connectivity index (χ3v) is 3.66. The molecule has 1 aliphatic rings. The fourth-order valence-electron chi connectivity index (χ4n) is 2.49. The molecule has 0 unspecified atom stereocenters. The van der Waals surface area contributed by atoms with Gasteiger partial charge in [0.05, 0.1) is 12.2 Å². The summed E-state index contributed by atoms with van der Waals surface area (Å²) in [6, 6.07) is 10.0. The van der Waals surface area contributed by atoms with E-state index >= 15 is 0 Å². The molecule has 0 radical (unpaired) electrons. The van der Waals surface area contributed by atoms with Crippen molar-refractivity contribution in [1.82, 2.24) is 4.90 Å². The van der Waals surface area contributed by atoms with Gasteiger partial charge in [-0.05, 0) is 31.9 Å². The molecule has 2 rings (SSSR count). The molecular formula is C14H21NO2. The highest BCUT2D eigenvalue weighted by Gasteiger charge is 2.26. The number of aliphatic hydroxyl groups is 2. The SMILES string of the molecule is CN1CC[C@@H](O)C[C@@H]1C[C@@H](O)c1ccccc1. The molecule has 3 heteroatoms. The number of piperidine rings is 1. The molecule has 1 saturated heterocycles. The molecule has 3 atom stereocenters. The Morgan fingerprint density at radius 1 is 1.35 bits per heavy atom. The van der Waals surface area contributed by atoms with Gasteiger partial charge in [0.1, 0.15) is 0 Å². The minimum atomic E-state index is -0.436. The summed E-state index contributed by atoms with van der Waals surface area (Å²) in [5, 5.41) is 19.8. The van der Waals surface area contributed by atoms with Crippen molar-refractivity contribution < 1.29 is 10.2 Å². The van der Waals surface area contributed by atoms with Crippen LogP contribution in [-0.4, -0.2) is 40.9 Å². The summed E-state index contributed by atoms with van der Waals surface area (Å²) < 4.78 is 0. The van der Waals surface area contributed by atoms with Crippen molar-refractivity contribution in [3.63, 3.8) is 0 Å². The van der Waals surface area contributed by atoms with E-state index in [2.05, 4.69) is 11.9 Å². The molecule has 1 fully saturated rings. The van der Waals surface area contributed by atoms with Gasteiger partial charge in [0, 0.05) is 12.6 Å². The molecule has 2 N–H and O–H groups in total. The predicted octanol–water partition coefficient (Wildman–Crippen LogP) is 1.57. The molecule has 0 spiro atoms. The van der Waals surface area contributed by atoms with Crippen molar-refractivity contribution in [2.75, 3.05) is 13.6 Å². The average Bonchev–Trinajstić information content (AvgIpc) is 2.35. The summed E-state index contributed by atoms with van der Waals surface area (Å²) in [5.74, 6) is 0. The van der Waals surface area contributed by atoms with E-state index in [1.54, 1.807) is 0 Å². The maximum absolute atomic E-state index is 10.2. The molecule has 1 aromatic rings. The maximum Gasteiger partial charge on any atom is 0.0805 e. The van der Waals surface area contributed by atoms with Gasteiger partial charge in [0.15, 0.2) is 0 Å². The van der Waals surface area contributed by atoms with Crippen molar-refractivity contribution >= 4 is 0 Å². The van der Waals surface area contributed by atoms with Gasteiger partial charge < -0.3 is 15.1 Å². The Labute approximate surface area is 103 Å². The first kappa shape index (κ1) is 12.6. The van der Waals surface area contributed by atoms with Gasteiger partial charge in [0.25, 0.3) is 0 Å². The van der Waals surface area contributed by atoms with Crippen LogP contribution < -0.4 is 0 Å². The lowest BCUT2D eigenvalue weighted by Crippen LogP contribution is -2.42. The first-order valence-electron chi connectivity index (χ1n) is 6.28. The summed E-state index contributed by atoms with van der Waals surface area (Å²) in [4.78, 5) is 2.24. The van der Waals surface area contributed by atoms with E-state index in [4.69, 9.17) is 0 Å². The smallest absolute Gasteiger partial charge is 0.0805 e. The van der Waals surface area contributed by atoms with Gasteiger partial charge in [-0.2, -0.15) is 0 Å². The fourth-order valence-corrected chi connectivity index (χ4v) is 2.49. The second-order valence-electron chi connectivity index (χ2n) is 4.97. The Balaban J connectivity index is 1.96. The van der Waals surface area contributed by atoms with Crippen LogP contribution in [0, 0.1) is 0 Å². The van der Waals surface area contributed by atoms with Gasteiger partial charge in [0.2, 0.25) is 0 Å². The summed E-state index contributed by atoms with van der Waals surface area (Å²) in [7, 11) is 2.06. The Kier molecular flexibility index (Phi) is 4.15. The standard InChI is InChI=1S/C14H21NO2/c1-15-8-7-13(16)9-12(15)10-14(17)11-5-3-2-4-6-11/h2-6,12-14,16-17H,7-10H2,1H3/t12-,13-,14-/m1/s1. The number of aliphatic hydroxyl groups excluding tert-OH is 2. The molecule has 1 aliphatic heterocycles. The lowest BCUT2D eigenvalue weighted by Gasteiger charge is -2.36. The molecule has 94 valence electrons. The van der Waals surface area contributed by atoms with Gasteiger partial charge in [-0.25, -0.2) is 0 Å². The largest absolute Gasteiger partial charge is 0.393 e. The average molecular weight is 235 g/mol. The van der Waals surface area contributed by atoms with Crippen LogP contribution in [0.15, 0.2) is 30.3 Å². The number of rotatable bonds is 3. The minimum Gasteiger partial charge on any atom is -0.393 e. The van der Waals surface area contributed by atoms with Crippen LogP contribution in [0.5, 0.6) is 0 Å². The number of benzene rings is 1. The topological polar surface area (TPSA) is 43.7 Å². The molecule has 0 saturated carbocycles. The van der Waals surface area contributed by atoms with Crippen LogP contribution >= 0.6 is 0 Å². The van der Waals surface area contributed by atoms with Crippen molar-refractivity contribution in [2.24, 2.45) is 0 Å². The normalized spacial score (nSPS) is 27.9. The fraction of sp³-hybridized carbons (Fsp3) is 0.571. The monoisotopic (exact) mass is 235 g/mol. The van der Waals surface area contributed by atoms with E-state index < -0.39 is 6.10 Å². The summed E-state index contributed by atoms with van der Waals surface area (Å²) in [5.41, 5.74) is 0.959. The zero-order valence-corrected chi connectivity index (χ0v) is 10.3. The first-order valence-corrected chi connectivity index (χ1v) is 6.28. The molecular weight excluding hydrogens is 214 g/mol. The summed E-state index contributed by atoms with van der Waals surface area (Å²) in [6.45, 7) is 0.910. The molecule has 1 heterocycles. The van der Waals surface area contributed by atoms with Gasteiger partial charge in [-0.15, -0.1) is 0 Å². The molecule has 1 aromatic carbocycles. The van der Waals surface area contributed by atoms with Gasteiger partial charge in [-0.1, -0.05) is 30.3 Å². The van der Waals surface area contributed by atoms with Crippen LogP contribution in [-0.2, 0) is 0 Å². The number of likely N-dealkylation sites (tertiary alicyclic amines) is 1. The van der Waals surface area contributed by atoms with Crippen LogP contribution in [0.3, 0.4) is 0 Å². The van der Waals surface area contributed by atoms with Gasteiger partial charge >= 0.3 is 0 Å². The second-order valence-corrected chi connectivity index (χ2v) is 4.97. The number of nitrogens with zero attached hydrogens (tertiary/aromatic N) is 1. The summed E-state index contributed by atoms with van der Waals surface area (Å²) in [6.07, 6.45) is 1.65. The van der Waals surface area contributed by atoms with E-state index in [9.17, 15) is 10.2 Å². The Bertz CT molecular complexity index is 341. The quantitative estimate of drug-likeness (QED) is 0.835. The molecule has 17 heavy (non-hydrogen) atoms.